The number of ether oxygens (including phenoxy) is 1. The Morgan fingerprint density at radius 3 is 2.48 bits per heavy atom. The van der Waals surface area contributed by atoms with E-state index in [1.807, 2.05) is 5.38 Å². The Labute approximate surface area is 162 Å². The molecule has 0 spiro atoms. The molecule has 134 valence electrons. The first-order chi connectivity index (χ1) is 13.1. The number of thiazole rings is 1. The van der Waals surface area contributed by atoms with E-state index >= 15 is 0 Å². The summed E-state index contributed by atoms with van der Waals surface area (Å²) in [6, 6.07) is 17.5. The van der Waals surface area contributed by atoms with E-state index in [9.17, 15) is 10.1 Å². The number of allylic oxidation sites excluding steroid dienone is 1. The van der Waals surface area contributed by atoms with E-state index in [2.05, 4.69) is 42.2 Å². The Bertz CT molecular complexity index is 1010. The van der Waals surface area contributed by atoms with E-state index in [1.165, 1.54) is 23.8 Å². The molecular formula is C22H18N2O2S. The number of aromatic nitrogens is 1. The Morgan fingerprint density at radius 2 is 1.89 bits per heavy atom. The van der Waals surface area contributed by atoms with Gasteiger partial charge in [0, 0.05) is 17.9 Å². The van der Waals surface area contributed by atoms with Gasteiger partial charge < -0.3 is 4.74 Å². The highest BCUT2D eigenvalue weighted by Gasteiger charge is 2.09. The summed E-state index contributed by atoms with van der Waals surface area (Å²) in [5, 5.41) is 12.2. The number of nitriles is 1. The van der Waals surface area contributed by atoms with Gasteiger partial charge in [0.15, 0.2) is 0 Å². The fourth-order valence-corrected chi connectivity index (χ4v) is 3.34. The van der Waals surface area contributed by atoms with E-state index in [-0.39, 0.29) is 5.97 Å². The van der Waals surface area contributed by atoms with E-state index in [1.54, 1.807) is 30.3 Å². The number of esters is 1. The second kappa shape index (κ2) is 8.43. The molecule has 0 unspecified atom stereocenters. The van der Waals surface area contributed by atoms with Crippen LogP contribution in [0.15, 0.2) is 53.9 Å². The lowest BCUT2D eigenvalue weighted by molar-refractivity contribution is -0.131. The topological polar surface area (TPSA) is 63.0 Å². The summed E-state index contributed by atoms with van der Waals surface area (Å²) in [5.74, 6) is 0.114. The van der Waals surface area contributed by atoms with E-state index < -0.39 is 0 Å². The van der Waals surface area contributed by atoms with E-state index in [0.29, 0.717) is 16.3 Å². The van der Waals surface area contributed by atoms with Gasteiger partial charge in [-0.05, 0) is 35.8 Å². The van der Waals surface area contributed by atoms with E-state index in [0.717, 1.165) is 23.2 Å². The summed E-state index contributed by atoms with van der Waals surface area (Å²) in [5.41, 5.74) is 4.52. The van der Waals surface area contributed by atoms with Crippen molar-refractivity contribution in [1.29, 1.82) is 5.26 Å². The molecule has 0 fully saturated rings. The van der Waals surface area contributed by atoms with E-state index in [4.69, 9.17) is 4.74 Å². The highest BCUT2D eigenvalue weighted by Crippen LogP contribution is 2.27. The molecule has 3 aromatic rings. The van der Waals surface area contributed by atoms with Crippen LogP contribution in [0.2, 0.25) is 0 Å². The molecular weight excluding hydrogens is 356 g/mol. The predicted molar refractivity (Wildman–Crippen MR) is 108 cm³/mol. The number of carbonyl (C=O) groups excluding carboxylic acids is 1. The third-order valence-corrected chi connectivity index (χ3v) is 4.84. The number of rotatable bonds is 5. The Balaban J connectivity index is 1.83. The summed E-state index contributed by atoms with van der Waals surface area (Å²) in [6.07, 6.45) is 2.78. The van der Waals surface area contributed by atoms with Gasteiger partial charge in [-0.25, -0.2) is 4.98 Å². The Kier molecular flexibility index (Phi) is 5.80. The lowest BCUT2D eigenvalue weighted by atomic mass is 10.1. The zero-order valence-electron chi connectivity index (χ0n) is 15.1. The molecule has 0 aliphatic rings. The number of carbonyl (C=O) groups is 1. The van der Waals surface area contributed by atoms with Gasteiger partial charge >= 0.3 is 5.97 Å². The summed E-state index contributed by atoms with van der Waals surface area (Å²) < 4.78 is 5.02. The summed E-state index contributed by atoms with van der Waals surface area (Å²) >= 11 is 1.45. The Morgan fingerprint density at radius 1 is 1.19 bits per heavy atom. The third-order valence-electron chi connectivity index (χ3n) is 3.97. The van der Waals surface area contributed by atoms with Crippen molar-refractivity contribution in [3.8, 4) is 23.1 Å². The number of hydrogen-bond acceptors (Lipinski definition) is 5. The van der Waals surface area contributed by atoms with Crippen molar-refractivity contribution in [2.45, 2.75) is 20.3 Å². The first-order valence-corrected chi connectivity index (χ1v) is 9.42. The minimum Gasteiger partial charge on any atom is -0.427 e. The molecule has 0 atom stereocenters. The molecule has 0 aliphatic heterocycles. The fourth-order valence-electron chi connectivity index (χ4n) is 2.55. The highest BCUT2D eigenvalue weighted by molar-refractivity contribution is 7.11. The van der Waals surface area contributed by atoms with Crippen molar-refractivity contribution in [2.75, 3.05) is 0 Å². The van der Waals surface area contributed by atoms with Gasteiger partial charge in [0.05, 0.1) is 11.3 Å². The van der Waals surface area contributed by atoms with Gasteiger partial charge in [-0.3, -0.25) is 4.79 Å². The first-order valence-electron chi connectivity index (χ1n) is 8.54. The quantitative estimate of drug-likeness (QED) is 0.342. The highest BCUT2D eigenvalue weighted by atomic mass is 32.1. The molecule has 0 amide bonds. The molecule has 0 aliphatic carbocycles. The molecule has 0 N–H and O–H groups in total. The zero-order chi connectivity index (χ0) is 19.2. The summed E-state index contributed by atoms with van der Waals surface area (Å²) in [4.78, 5) is 15.6. The Hall–Kier alpha value is -3.23. The summed E-state index contributed by atoms with van der Waals surface area (Å²) in [6.45, 7) is 3.48. The lowest BCUT2D eigenvalue weighted by Gasteiger charge is -2.01. The van der Waals surface area contributed by atoms with Gasteiger partial charge in [0.1, 0.15) is 16.8 Å². The van der Waals surface area contributed by atoms with Crippen LogP contribution in [0.4, 0.5) is 0 Å². The van der Waals surface area contributed by atoms with Gasteiger partial charge in [0.25, 0.3) is 0 Å². The molecule has 2 aromatic carbocycles. The number of hydrogen-bond donors (Lipinski definition) is 0. The van der Waals surface area contributed by atoms with Crippen LogP contribution in [-0.4, -0.2) is 11.0 Å². The fraction of sp³-hybridized carbons (Fsp3) is 0.136. The lowest BCUT2D eigenvalue weighted by Crippen LogP contribution is -2.00. The average Bonchev–Trinajstić information content (AvgIpc) is 3.17. The molecule has 4 nitrogen and oxygen atoms in total. The summed E-state index contributed by atoms with van der Waals surface area (Å²) in [7, 11) is 0. The maximum Gasteiger partial charge on any atom is 0.308 e. The largest absolute Gasteiger partial charge is 0.427 e. The molecule has 1 aromatic heterocycles. The van der Waals surface area contributed by atoms with Crippen LogP contribution in [0.5, 0.6) is 5.75 Å². The van der Waals surface area contributed by atoms with Gasteiger partial charge in [-0.1, -0.05) is 43.3 Å². The predicted octanol–water partition coefficient (Wildman–Crippen LogP) is 5.36. The van der Waals surface area contributed by atoms with Gasteiger partial charge in [-0.15, -0.1) is 11.3 Å². The molecule has 3 rings (SSSR count). The van der Waals surface area contributed by atoms with Crippen molar-refractivity contribution < 1.29 is 9.53 Å². The molecule has 0 radical (unpaired) electrons. The van der Waals surface area contributed by atoms with Crippen LogP contribution in [-0.2, 0) is 11.2 Å². The molecule has 27 heavy (non-hydrogen) atoms. The van der Waals surface area contributed by atoms with Crippen LogP contribution in [0.3, 0.4) is 0 Å². The minimum atomic E-state index is -0.363. The SMILES string of the molecule is CCc1ccc(-c2csc(C(C#N)=Cc3ccc(OC(C)=O)cc3)n2)cc1. The molecule has 1 heterocycles. The first kappa shape index (κ1) is 18.6. The van der Waals surface area contributed by atoms with Crippen LogP contribution < -0.4 is 4.74 Å². The van der Waals surface area contributed by atoms with Crippen molar-refractivity contribution in [1.82, 2.24) is 4.98 Å². The van der Waals surface area contributed by atoms with Crippen LogP contribution in [0.1, 0.15) is 30.0 Å². The number of benzene rings is 2. The number of nitrogens with zero attached hydrogens (tertiary/aromatic N) is 2. The van der Waals surface area contributed by atoms with Crippen LogP contribution >= 0.6 is 11.3 Å². The monoisotopic (exact) mass is 374 g/mol. The minimum absolute atomic E-state index is 0.363. The maximum absolute atomic E-state index is 11.0. The molecule has 0 saturated carbocycles. The second-order valence-corrected chi connectivity index (χ2v) is 6.78. The van der Waals surface area contributed by atoms with Crippen molar-refractivity contribution >= 4 is 29.0 Å². The number of aryl methyl sites for hydroxylation is 1. The van der Waals surface area contributed by atoms with Crippen LogP contribution in [0, 0.1) is 11.3 Å². The molecule has 5 heteroatoms. The molecule has 0 bridgehead atoms. The molecule has 0 saturated heterocycles. The standard InChI is InChI=1S/C22H18N2O2S/c1-3-16-4-8-18(9-5-16)21-14-27-22(24-21)19(13-23)12-17-6-10-20(11-7-17)26-15(2)25/h4-12,14H,3H2,1-2H3. The second-order valence-electron chi connectivity index (χ2n) is 5.92. The maximum atomic E-state index is 11.0. The third kappa shape index (κ3) is 4.69. The van der Waals surface area contributed by atoms with Crippen molar-refractivity contribution in [3.05, 3.63) is 70.0 Å². The van der Waals surface area contributed by atoms with Crippen molar-refractivity contribution in [3.63, 3.8) is 0 Å². The smallest absolute Gasteiger partial charge is 0.308 e. The van der Waals surface area contributed by atoms with Crippen LogP contribution in [0.25, 0.3) is 22.9 Å². The normalized spacial score (nSPS) is 11.1. The zero-order valence-corrected chi connectivity index (χ0v) is 15.9. The van der Waals surface area contributed by atoms with Gasteiger partial charge in [0.2, 0.25) is 0 Å². The van der Waals surface area contributed by atoms with Gasteiger partial charge in [-0.2, -0.15) is 5.26 Å². The van der Waals surface area contributed by atoms with Crippen molar-refractivity contribution in [2.24, 2.45) is 0 Å². The average molecular weight is 374 g/mol.